The van der Waals surface area contributed by atoms with Crippen LogP contribution in [0, 0.1) is 6.07 Å². The van der Waals surface area contributed by atoms with Gasteiger partial charge in [-0.05, 0) is 7.05 Å². The summed E-state index contributed by atoms with van der Waals surface area (Å²) < 4.78 is 0. The smallest absolute Gasteiger partial charge is 0.393 e. The first kappa shape index (κ1) is 20.2. The van der Waals surface area contributed by atoms with Crippen molar-refractivity contribution >= 4 is 29.1 Å². The summed E-state index contributed by atoms with van der Waals surface area (Å²) >= 11 is 0. The van der Waals surface area contributed by atoms with Gasteiger partial charge in [-0.1, -0.05) is 5.69 Å². The molecule has 2 nitrogen and oxygen atoms in total. The monoisotopic (exact) mass is 489 g/mol. The van der Waals surface area contributed by atoms with E-state index in [0.717, 1.165) is 5.69 Å². The van der Waals surface area contributed by atoms with Gasteiger partial charge in [-0.2, -0.15) is 24.3 Å². The largest absolute Gasteiger partial charge is 0.406 e. The van der Waals surface area contributed by atoms with Crippen LogP contribution in [0.15, 0.2) is 36.7 Å². The maximum atomic E-state index is 3.15. The molecule has 0 aliphatic carbocycles. The zero-order valence-electron chi connectivity index (χ0n) is 13.0. The van der Waals surface area contributed by atoms with E-state index in [0.29, 0.717) is 0 Å². The van der Waals surface area contributed by atoms with E-state index >= 15 is 0 Å². The van der Waals surface area contributed by atoms with Crippen molar-refractivity contribution in [2.75, 3.05) is 44.4 Å². The fourth-order valence-electron chi connectivity index (χ4n) is 1.84. The zero-order valence-corrected chi connectivity index (χ0v) is 17.2. The number of anilines is 1. The Bertz CT molecular complexity index is 382. The van der Waals surface area contributed by atoms with Crippen molar-refractivity contribution in [1.82, 2.24) is 4.81 Å². The van der Waals surface area contributed by atoms with Gasteiger partial charge in [-0.25, -0.2) is 0 Å². The summed E-state index contributed by atoms with van der Waals surface area (Å²) in [5.74, 6) is 1.56. The van der Waals surface area contributed by atoms with Gasteiger partial charge in [0.15, 0.2) is 5.90 Å². The summed E-state index contributed by atoms with van der Waals surface area (Å²) in [6.07, 6.45) is 4.01. The molecule has 1 radical (unpaired) electrons. The molecule has 0 N–H and O–H groups in total. The first-order chi connectivity index (χ1) is 8.99. The van der Waals surface area contributed by atoms with Crippen LogP contribution in [0.1, 0.15) is 0 Å². The number of rotatable bonds is 3. The van der Waals surface area contributed by atoms with Crippen LogP contribution in [0.4, 0.5) is 5.69 Å². The van der Waals surface area contributed by atoms with Crippen molar-refractivity contribution in [3.8, 4) is 0 Å². The molecule has 0 saturated carbocycles. The molecule has 0 atom stereocenters. The van der Waals surface area contributed by atoms with E-state index in [9.17, 15) is 0 Å². The molecule has 113 valence electrons. The molecule has 0 aromatic heterocycles. The predicted octanol–water partition coefficient (Wildman–Crippen LogP) is 3.13. The van der Waals surface area contributed by atoms with Gasteiger partial charge in [0.2, 0.25) is 0 Å². The van der Waals surface area contributed by atoms with Crippen LogP contribution in [-0.2, 0) is 21.1 Å². The second kappa shape index (κ2) is 10.8. The number of benzene rings is 1. The van der Waals surface area contributed by atoms with Gasteiger partial charge in [0.25, 0.3) is 0 Å². The van der Waals surface area contributed by atoms with Gasteiger partial charge in [0, 0.05) is 76.0 Å². The molecule has 0 bridgehead atoms. The summed E-state index contributed by atoms with van der Waals surface area (Å²) in [5.41, 5.74) is 1.07. The van der Waals surface area contributed by atoms with E-state index in [1.54, 1.807) is 5.90 Å². The summed E-state index contributed by atoms with van der Waals surface area (Å²) in [7, 11) is 4.23. The van der Waals surface area contributed by atoms with Crippen molar-refractivity contribution in [3.63, 3.8) is 0 Å². The van der Waals surface area contributed by atoms with Crippen LogP contribution in [-0.4, -0.2) is 52.0 Å². The van der Waals surface area contributed by atoms with E-state index < -0.39 is 0 Å². The molecule has 0 amide bonds. The minimum atomic E-state index is 0. The maximum absolute atomic E-state index is 3.15. The Morgan fingerprint density at radius 3 is 2.10 bits per heavy atom. The normalized spacial score (nSPS) is 12.9. The van der Waals surface area contributed by atoms with Crippen molar-refractivity contribution in [3.05, 3.63) is 42.7 Å². The first-order valence-corrected chi connectivity index (χ1v) is 12.0. The van der Waals surface area contributed by atoms with Crippen LogP contribution < -0.4 is 4.81 Å². The molecule has 0 saturated heterocycles. The third-order valence-electron chi connectivity index (χ3n) is 2.45. The molecule has 1 aliphatic rings. The number of para-hydroxylation sites is 1. The number of nitrogens with zero attached hydrogens (tertiary/aromatic N) is 2. The summed E-state index contributed by atoms with van der Waals surface area (Å²) in [6, 6.07) is 11.1. The second-order valence-corrected chi connectivity index (χ2v) is 11.6. The van der Waals surface area contributed by atoms with Crippen LogP contribution in [0.3, 0.4) is 0 Å². The van der Waals surface area contributed by atoms with Gasteiger partial charge >= 0.3 is 7.55 Å². The molecule has 1 heterocycles. The fourth-order valence-corrected chi connectivity index (χ4v) is 7.50. The molecule has 1 aromatic rings. The van der Waals surface area contributed by atoms with Crippen molar-refractivity contribution in [2.45, 2.75) is 0 Å². The molecule has 1 aromatic carbocycles. The van der Waals surface area contributed by atoms with Crippen LogP contribution in [0.2, 0.25) is 0 Å². The summed E-state index contributed by atoms with van der Waals surface area (Å²) in [4.78, 5) is 4.03. The van der Waals surface area contributed by atoms with Crippen molar-refractivity contribution in [2.24, 2.45) is 0 Å². The quantitative estimate of drug-likeness (QED) is 0.366. The Balaban J connectivity index is 0.000000396. The summed E-state index contributed by atoms with van der Waals surface area (Å²) in [5, 5.41) is 0. The van der Waals surface area contributed by atoms with Crippen LogP contribution >= 0.6 is 15.8 Å². The zero-order chi connectivity index (χ0) is 14.3. The topological polar surface area (TPSA) is 6.48 Å². The van der Waals surface area contributed by atoms with Gasteiger partial charge < -0.3 is 9.62 Å². The van der Waals surface area contributed by atoms with Crippen LogP contribution in [0.25, 0.3) is 0 Å². The number of hydrogen-bond acceptors (Lipinski definition) is 2. The third kappa shape index (κ3) is 8.46. The SMILES string of the molecule is CN1[B]N(c2[c-]cccc2)C=C1.C[PH+](C)C[PH+](C)C.[Pt]. The Morgan fingerprint density at radius 1 is 1.10 bits per heavy atom. The maximum Gasteiger partial charge on any atom is 0.393 e. The molecule has 0 spiro atoms. The van der Waals surface area contributed by atoms with Crippen molar-refractivity contribution < 1.29 is 21.1 Å². The van der Waals surface area contributed by atoms with Gasteiger partial charge in [0.1, 0.15) is 0 Å². The Morgan fingerprint density at radius 2 is 1.75 bits per heavy atom. The van der Waals surface area contributed by atoms with Gasteiger partial charge in [-0.3, -0.25) is 0 Å². The van der Waals surface area contributed by atoms with E-state index in [4.69, 9.17) is 0 Å². The predicted molar refractivity (Wildman–Crippen MR) is 95.6 cm³/mol. The first-order valence-electron chi connectivity index (χ1n) is 6.57. The number of hydrogen-bond donors (Lipinski definition) is 0. The second-order valence-electron chi connectivity index (χ2n) is 5.33. The average molecular weight is 489 g/mol. The molecular formula is C14H25BN2P2Pt+. The standard InChI is InChI=1S/C9H9BN2.C5H14P2.Pt/c1-11-7-8-12(10-11)9-5-3-2-4-6-9;1-6(2)5-7(3)4;/h2-5,7-8H,1H3;5H2,1-4H3;/q-1;;/p+2. The van der Waals surface area contributed by atoms with Gasteiger partial charge in [-0.15, -0.1) is 6.07 Å². The molecule has 6 heteroatoms. The minimum Gasteiger partial charge on any atom is -0.406 e. The van der Waals surface area contributed by atoms with E-state index in [-0.39, 0.29) is 36.9 Å². The molecule has 0 unspecified atom stereocenters. The Labute approximate surface area is 142 Å². The third-order valence-corrected chi connectivity index (χ3v) is 8.10. The van der Waals surface area contributed by atoms with Crippen molar-refractivity contribution in [1.29, 1.82) is 0 Å². The summed E-state index contributed by atoms with van der Waals surface area (Å²) in [6.45, 7) is 9.56. The minimum absolute atomic E-state index is 0. The molecule has 1 aliphatic heterocycles. The fraction of sp³-hybridized carbons (Fsp3) is 0.429. The molecule has 20 heavy (non-hydrogen) atoms. The van der Waals surface area contributed by atoms with E-state index in [1.807, 2.05) is 60.9 Å². The average Bonchev–Trinajstić information content (AvgIpc) is 2.76. The van der Waals surface area contributed by atoms with Gasteiger partial charge in [0.05, 0.1) is 0 Å². The van der Waals surface area contributed by atoms with Crippen LogP contribution in [0.5, 0.6) is 0 Å². The molecular weight excluding hydrogens is 464 g/mol. The molecule has 2 rings (SSSR count). The Kier molecular flexibility index (Phi) is 10.9. The Hall–Kier alpha value is 0.173. The van der Waals surface area contributed by atoms with E-state index in [2.05, 4.69) is 32.7 Å². The van der Waals surface area contributed by atoms with E-state index in [1.165, 1.54) is 0 Å². The molecule has 0 fully saturated rings.